The van der Waals surface area contributed by atoms with Crippen LogP contribution in [0.2, 0.25) is 0 Å². The summed E-state index contributed by atoms with van der Waals surface area (Å²) in [5, 5.41) is 15.2. The van der Waals surface area contributed by atoms with Gasteiger partial charge in [-0.25, -0.2) is 4.98 Å². The number of aryl methyl sites for hydroxylation is 1. The van der Waals surface area contributed by atoms with Gasteiger partial charge in [0.1, 0.15) is 12.7 Å². The summed E-state index contributed by atoms with van der Waals surface area (Å²) < 4.78 is 1.70. The highest BCUT2D eigenvalue weighted by molar-refractivity contribution is 7.11. The third-order valence-corrected chi connectivity index (χ3v) is 4.55. The lowest BCUT2D eigenvalue weighted by Gasteiger charge is -2.40. The maximum Gasteiger partial charge on any atom is 0.137 e. The molecular formula is C14H21N3OS. The molecule has 0 spiro atoms. The Morgan fingerprint density at radius 1 is 1.32 bits per heavy atom. The maximum absolute atomic E-state index is 11.1. The van der Waals surface area contributed by atoms with Gasteiger partial charge in [0.2, 0.25) is 0 Å². The van der Waals surface area contributed by atoms with Crippen LogP contribution in [0.3, 0.4) is 0 Å². The van der Waals surface area contributed by atoms with Gasteiger partial charge in [0.05, 0.1) is 12.1 Å². The molecule has 0 aromatic carbocycles. The maximum atomic E-state index is 11.1. The van der Waals surface area contributed by atoms with Gasteiger partial charge in [0, 0.05) is 16.2 Å². The molecule has 0 aliphatic carbocycles. The summed E-state index contributed by atoms with van der Waals surface area (Å²) in [6.07, 6.45) is 3.78. The zero-order chi connectivity index (χ0) is 14.1. The molecule has 104 valence electrons. The van der Waals surface area contributed by atoms with Crippen molar-refractivity contribution in [3.63, 3.8) is 0 Å². The van der Waals surface area contributed by atoms with E-state index in [2.05, 4.69) is 49.9 Å². The summed E-state index contributed by atoms with van der Waals surface area (Å²) in [7, 11) is 0. The normalized spacial score (nSPS) is 15.4. The highest BCUT2D eigenvalue weighted by Crippen LogP contribution is 2.36. The Labute approximate surface area is 118 Å². The number of hydrogen-bond donors (Lipinski definition) is 1. The van der Waals surface area contributed by atoms with E-state index in [1.54, 1.807) is 22.3 Å². The van der Waals surface area contributed by atoms with Gasteiger partial charge < -0.3 is 5.11 Å². The lowest BCUT2D eigenvalue weighted by Crippen LogP contribution is -2.48. The van der Waals surface area contributed by atoms with Crippen molar-refractivity contribution in [1.82, 2.24) is 14.8 Å². The number of rotatable bonds is 4. The Bertz CT molecular complexity index is 527. The minimum atomic E-state index is -0.849. The van der Waals surface area contributed by atoms with Gasteiger partial charge in [0.15, 0.2) is 0 Å². The van der Waals surface area contributed by atoms with Crippen molar-refractivity contribution < 1.29 is 5.11 Å². The van der Waals surface area contributed by atoms with E-state index in [1.165, 1.54) is 16.1 Å². The molecule has 5 heteroatoms. The standard InChI is InChI=1S/C14H21N3OS/c1-11-5-6-12(19-11)7-14(18,13(2,3)4)8-17-10-15-9-16-17/h5-6,9-10,18H,7-8H2,1-4H3. The second-order valence-corrected chi connectivity index (χ2v) is 7.44. The summed E-state index contributed by atoms with van der Waals surface area (Å²) in [4.78, 5) is 6.42. The Morgan fingerprint density at radius 2 is 2.05 bits per heavy atom. The highest BCUT2D eigenvalue weighted by atomic mass is 32.1. The van der Waals surface area contributed by atoms with Crippen molar-refractivity contribution in [2.75, 3.05) is 0 Å². The lowest BCUT2D eigenvalue weighted by atomic mass is 9.74. The molecule has 0 saturated heterocycles. The van der Waals surface area contributed by atoms with E-state index >= 15 is 0 Å². The minimum absolute atomic E-state index is 0.239. The summed E-state index contributed by atoms with van der Waals surface area (Å²) in [6.45, 7) is 8.72. The molecule has 1 unspecified atom stereocenters. The zero-order valence-electron chi connectivity index (χ0n) is 11.9. The lowest BCUT2D eigenvalue weighted by molar-refractivity contribution is -0.0724. The summed E-state index contributed by atoms with van der Waals surface area (Å²) in [6, 6.07) is 4.19. The van der Waals surface area contributed by atoms with E-state index in [0.717, 1.165) is 0 Å². The second-order valence-electron chi connectivity index (χ2n) is 6.06. The predicted octanol–water partition coefficient (Wildman–Crippen LogP) is 2.67. The van der Waals surface area contributed by atoms with Gasteiger partial charge in [-0.1, -0.05) is 20.8 Å². The molecular weight excluding hydrogens is 258 g/mol. The van der Waals surface area contributed by atoms with Crippen LogP contribution in [0.4, 0.5) is 0 Å². The van der Waals surface area contributed by atoms with E-state index in [-0.39, 0.29) is 5.41 Å². The average Bonchev–Trinajstić information content (AvgIpc) is 2.89. The van der Waals surface area contributed by atoms with Crippen LogP contribution >= 0.6 is 11.3 Å². The van der Waals surface area contributed by atoms with Gasteiger partial charge in [-0.3, -0.25) is 4.68 Å². The van der Waals surface area contributed by atoms with Crippen LogP contribution in [0.25, 0.3) is 0 Å². The first-order valence-electron chi connectivity index (χ1n) is 6.40. The summed E-state index contributed by atoms with van der Waals surface area (Å²) in [5.74, 6) is 0. The molecule has 1 atom stereocenters. The fourth-order valence-electron chi connectivity index (χ4n) is 2.01. The largest absolute Gasteiger partial charge is 0.387 e. The molecule has 1 N–H and O–H groups in total. The zero-order valence-corrected chi connectivity index (χ0v) is 12.7. The molecule has 0 saturated carbocycles. The third kappa shape index (κ3) is 3.22. The van der Waals surface area contributed by atoms with E-state index < -0.39 is 5.60 Å². The quantitative estimate of drug-likeness (QED) is 0.936. The highest BCUT2D eigenvalue weighted by Gasteiger charge is 2.41. The molecule has 0 bridgehead atoms. The molecule has 2 heterocycles. The van der Waals surface area contributed by atoms with Crippen LogP contribution in [0.1, 0.15) is 30.5 Å². The van der Waals surface area contributed by atoms with Crippen LogP contribution in [0, 0.1) is 12.3 Å². The van der Waals surface area contributed by atoms with E-state index in [0.29, 0.717) is 13.0 Å². The fraction of sp³-hybridized carbons (Fsp3) is 0.571. The summed E-state index contributed by atoms with van der Waals surface area (Å²) in [5.41, 5.74) is -1.09. The van der Waals surface area contributed by atoms with Crippen LogP contribution in [0.5, 0.6) is 0 Å². The van der Waals surface area contributed by atoms with Crippen LogP contribution in [-0.2, 0) is 13.0 Å². The molecule has 2 aromatic heterocycles. The number of aromatic nitrogens is 3. The van der Waals surface area contributed by atoms with Crippen molar-refractivity contribution in [3.8, 4) is 0 Å². The van der Waals surface area contributed by atoms with Crippen molar-refractivity contribution in [2.45, 2.75) is 46.3 Å². The van der Waals surface area contributed by atoms with Crippen LogP contribution in [-0.4, -0.2) is 25.5 Å². The van der Waals surface area contributed by atoms with Gasteiger partial charge in [0.25, 0.3) is 0 Å². The van der Waals surface area contributed by atoms with Crippen molar-refractivity contribution >= 4 is 11.3 Å². The van der Waals surface area contributed by atoms with Crippen LogP contribution in [0.15, 0.2) is 24.8 Å². The molecule has 0 amide bonds. The topological polar surface area (TPSA) is 50.9 Å². The number of thiophene rings is 1. The van der Waals surface area contributed by atoms with E-state index in [4.69, 9.17) is 0 Å². The van der Waals surface area contributed by atoms with Gasteiger partial charge in [-0.15, -0.1) is 11.3 Å². The van der Waals surface area contributed by atoms with Gasteiger partial charge in [-0.2, -0.15) is 5.10 Å². The van der Waals surface area contributed by atoms with Crippen LogP contribution < -0.4 is 0 Å². The summed E-state index contributed by atoms with van der Waals surface area (Å²) >= 11 is 1.74. The Balaban J connectivity index is 2.24. The molecule has 0 aliphatic rings. The Kier molecular flexibility index (Phi) is 3.78. The molecule has 4 nitrogen and oxygen atoms in total. The average molecular weight is 279 g/mol. The van der Waals surface area contributed by atoms with Gasteiger partial charge in [-0.05, 0) is 24.5 Å². The molecule has 2 aromatic rings. The van der Waals surface area contributed by atoms with E-state index in [1.807, 2.05) is 0 Å². The molecule has 19 heavy (non-hydrogen) atoms. The number of aliphatic hydroxyl groups is 1. The smallest absolute Gasteiger partial charge is 0.137 e. The fourth-order valence-corrected chi connectivity index (χ4v) is 3.01. The monoisotopic (exact) mass is 279 g/mol. The Morgan fingerprint density at radius 3 is 2.53 bits per heavy atom. The first kappa shape index (κ1) is 14.2. The second kappa shape index (κ2) is 5.06. The van der Waals surface area contributed by atoms with E-state index in [9.17, 15) is 5.11 Å². The van der Waals surface area contributed by atoms with Crippen molar-refractivity contribution in [2.24, 2.45) is 5.41 Å². The third-order valence-electron chi connectivity index (χ3n) is 3.55. The SMILES string of the molecule is Cc1ccc(CC(O)(Cn2cncn2)C(C)(C)C)s1. The Hall–Kier alpha value is -1.20. The molecule has 0 radical (unpaired) electrons. The number of nitrogens with zero attached hydrogens (tertiary/aromatic N) is 3. The van der Waals surface area contributed by atoms with Gasteiger partial charge >= 0.3 is 0 Å². The molecule has 0 aliphatic heterocycles. The first-order chi connectivity index (χ1) is 8.80. The van der Waals surface area contributed by atoms with Crippen molar-refractivity contribution in [3.05, 3.63) is 34.5 Å². The molecule has 2 rings (SSSR count). The van der Waals surface area contributed by atoms with Crippen molar-refractivity contribution in [1.29, 1.82) is 0 Å². The predicted molar refractivity (Wildman–Crippen MR) is 77.2 cm³/mol. The number of hydrogen-bond acceptors (Lipinski definition) is 4. The first-order valence-corrected chi connectivity index (χ1v) is 7.22. The molecule has 0 fully saturated rings. The minimum Gasteiger partial charge on any atom is -0.387 e.